The minimum atomic E-state index is -0.355. The van der Waals surface area contributed by atoms with Gasteiger partial charge in [-0.3, -0.25) is 10.1 Å². The molecule has 2 aromatic heterocycles. The number of hydrogen-bond donors (Lipinski definition) is 1. The van der Waals surface area contributed by atoms with Crippen LogP contribution >= 0.6 is 0 Å². The van der Waals surface area contributed by atoms with Crippen molar-refractivity contribution in [1.82, 2.24) is 10.1 Å². The Morgan fingerprint density at radius 2 is 2.15 bits per heavy atom. The molecule has 6 nitrogen and oxygen atoms in total. The fourth-order valence-electron chi connectivity index (χ4n) is 1.59. The Balaban J connectivity index is 2.18. The predicted octanol–water partition coefficient (Wildman–Crippen LogP) is 2.63. The van der Waals surface area contributed by atoms with Crippen LogP contribution in [0, 0.1) is 0 Å². The van der Waals surface area contributed by atoms with Crippen molar-refractivity contribution >= 4 is 11.8 Å². The Hall–Kier alpha value is -2.37. The molecule has 0 aromatic carbocycles. The summed E-state index contributed by atoms with van der Waals surface area (Å²) in [5, 5.41) is 6.58. The maximum absolute atomic E-state index is 12.1. The van der Waals surface area contributed by atoms with Crippen molar-refractivity contribution in [3.8, 4) is 5.88 Å². The van der Waals surface area contributed by atoms with Gasteiger partial charge in [-0.25, -0.2) is 4.98 Å². The van der Waals surface area contributed by atoms with Crippen LogP contribution in [0.25, 0.3) is 0 Å². The summed E-state index contributed by atoms with van der Waals surface area (Å²) in [5.41, 5.74) is 0.966. The van der Waals surface area contributed by atoms with Crippen LogP contribution in [0.1, 0.15) is 36.8 Å². The molecule has 0 spiro atoms. The highest BCUT2D eigenvalue weighted by Gasteiger charge is 2.20. The number of pyridine rings is 1. The highest BCUT2D eigenvalue weighted by Crippen LogP contribution is 2.24. The Labute approximate surface area is 117 Å². The summed E-state index contributed by atoms with van der Waals surface area (Å²) in [6, 6.07) is 5.00. The van der Waals surface area contributed by atoms with Gasteiger partial charge in [-0.05, 0) is 12.1 Å². The summed E-state index contributed by atoms with van der Waals surface area (Å²) in [5.74, 6) is 0.206. The first kappa shape index (κ1) is 14.0. The van der Waals surface area contributed by atoms with Crippen LogP contribution in [-0.2, 0) is 5.41 Å². The van der Waals surface area contributed by atoms with Crippen molar-refractivity contribution in [2.24, 2.45) is 0 Å². The van der Waals surface area contributed by atoms with E-state index in [4.69, 9.17) is 9.26 Å². The molecular formula is C14H17N3O3. The highest BCUT2D eigenvalue weighted by atomic mass is 16.5. The van der Waals surface area contributed by atoms with Crippen LogP contribution in [0.2, 0.25) is 0 Å². The lowest BCUT2D eigenvalue weighted by Crippen LogP contribution is -2.13. The van der Waals surface area contributed by atoms with Crippen LogP contribution in [0.3, 0.4) is 0 Å². The summed E-state index contributed by atoms with van der Waals surface area (Å²) >= 11 is 0. The zero-order chi connectivity index (χ0) is 14.8. The van der Waals surface area contributed by atoms with Gasteiger partial charge < -0.3 is 9.26 Å². The smallest absolute Gasteiger partial charge is 0.263 e. The molecule has 1 N–H and O–H groups in total. The molecule has 0 aliphatic carbocycles. The number of ether oxygens (including phenoxy) is 1. The van der Waals surface area contributed by atoms with Gasteiger partial charge in [0.1, 0.15) is 5.56 Å². The number of methoxy groups -OCH3 is 1. The van der Waals surface area contributed by atoms with Crippen molar-refractivity contribution in [1.29, 1.82) is 0 Å². The average molecular weight is 275 g/mol. The molecule has 6 heteroatoms. The predicted molar refractivity (Wildman–Crippen MR) is 73.9 cm³/mol. The quantitative estimate of drug-likeness (QED) is 0.931. The number of anilines is 1. The third-order valence-electron chi connectivity index (χ3n) is 2.72. The SMILES string of the molecule is COc1ncccc1C(=O)Nc1cc(C(C)(C)C)no1. The van der Waals surface area contributed by atoms with Crippen LogP contribution in [0.5, 0.6) is 5.88 Å². The van der Waals surface area contributed by atoms with Crippen LogP contribution in [0.4, 0.5) is 5.88 Å². The summed E-state index contributed by atoms with van der Waals surface area (Å²) < 4.78 is 10.2. The second kappa shape index (κ2) is 5.32. The zero-order valence-electron chi connectivity index (χ0n) is 11.9. The van der Waals surface area contributed by atoms with E-state index in [2.05, 4.69) is 15.5 Å². The Bertz CT molecular complexity index is 614. The molecule has 0 unspecified atom stereocenters. The maximum atomic E-state index is 12.1. The molecule has 2 rings (SSSR count). The fourth-order valence-corrected chi connectivity index (χ4v) is 1.59. The molecule has 2 heterocycles. The monoisotopic (exact) mass is 275 g/mol. The molecule has 0 saturated heterocycles. The molecule has 106 valence electrons. The molecule has 0 saturated carbocycles. The standard InChI is InChI=1S/C14H17N3O3/c1-14(2,3)10-8-11(20-17-10)16-12(18)9-6-5-7-15-13(9)19-4/h5-8H,1-4H3,(H,16,18). The van der Waals surface area contributed by atoms with E-state index in [0.29, 0.717) is 11.4 Å². The first-order chi connectivity index (χ1) is 9.41. The highest BCUT2D eigenvalue weighted by molar-refractivity contribution is 6.05. The van der Waals surface area contributed by atoms with E-state index >= 15 is 0 Å². The Morgan fingerprint density at radius 3 is 2.75 bits per heavy atom. The third kappa shape index (κ3) is 2.96. The normalized spacial score (nSPS) is 11.2. The number of hydrogen-bond acceptors (Lipinski definition) is 5. The number of rotatable bonds is 3. The van der Waals surface area contributed by atoms with Gasteiger partial charge in [0.25, 0.3) is 5.91 Å². The molecule has 0 aliphatic heterocycles. The largest absolute Gasteiger partial charge is 0.480 e. The van der Waals surface area contributed by atoms with Gasteiger partial charge in [0, 0.05) is 17.7 Å². The molecule has 0 fully saturated rings. The molecule has 0 aliphatic rings. The molecule has 1 amide bonds. The van der Waals surface area contributed by atoms with E-state index in [1.165, 1.54) is 7.11 Å². The lowest BCUT2D eigenvalue weighted by atomic mass is 9.92. The molecular weight excluding hydrogens is 258 g/mol. The molecule has 20 heavy (non-hydrogen) atoms. The first-order valence-electron chi connectivity index (χ1n) is 6.19. The van der Waals surface area contributed by atoms with Gasteiger partial charge in [-0.15, -0.1) is 0 Å². The Kier molecular flexibility index (Phi) is 3.74. The van der Waals surface area contributed by atoms with Crippen molar-refractivity contribution in [3.05, 3.63) is 35.7 Å². The number of amides is 1. The van der Waals surface area contributed by atoms with Crippen LogP contribution < -0.4 is 10.1 Å². The molecule has 0 atom stereocenters. The Morgan fingerprint density at radius 1 is 1.40 bits per heavy atom. The maximum Gasteiger partial charge on any atom is 0.263 e. The van der Waals surface area contributed by atoms with E-state index in [1.54, 1.807) is 24.4 Å². The lowest BCUT2D eigenvalue weighted by molar-refractivity contribution is 0.102. The third-order valence-corrected chi connectivity index (χ3v) is 2.72. The number of carbonyl (C=O) groups excluding carboxylic acids is 1. The lowest BCUT2D eigenvalue weighted by Gasteiger charge is -2.12. The van der Waals surface area contributed by atoms with E-state index < -0.39 is 0 Å². The van der Waals surface area contributed by atoms with Crippen LogP contribution in [-0.4, -0.2) is 23.2 Å². The van der Waals surface area contributed by atoms with E-state index in [0.717, 1.165) is 5.69 Å². The number of nitrogens with one attached hydrogen (secondary N) is 1. The van der Waals surface area contributed by atoms with Gasteiger partial charge in [-0.2, -0.15) is 0 Å². The topological polar surface area (TPSA) is 77.2 Å². The van der Waals surface area contributed by atoms with Crippen LogP contribution in [0.15, 0.2) is 28.9 Å². The molecule has 0 radical (unpaired) electrons. The van der Waals surface area contributed by atoms with Gasteiger partial charge in [0.05, 0.1) is 12.8 Å². The zero-order valence-corrected chi connectivity index (χ0v) is 11.9. The summed E-state index contributed by atoms with van der Waals surface area (Å²) in [6.45, 7) is 6.04. The summed E-state index contributed by atoms with van der Waals surface area (Å²) in [7, 11) is 1.46. The van der Waals surface area contributed by atoms with Gasteiger partial charge in [-0.1, -0.05) is 25.9 Å². The average Bonchev–Trinajstić information content (AvgIpc) is 2.87. The second-order valence-electron chi connectivity index (χ2n) is 5.34. The minimum absolute atomic E-state index is 0.140. The van der Waals surface area contributed by atoms with Crippen molar-refractivity contribution in [3.63, 3.8) is 0 Å². The number of carbonyl (C=O) groups is 1. The summed E-state index contributed by atoms with van der Waals surface area (Å²) in [4.78, 5) is 16.1. The summed E-state index contributed by atoms with van der Waals surface area (Å²) in [6.07, 6.45) is 1.56. The first-order valence-corrected chi connectivity index (χ1v) is 6.19. The number of nitrogens with zero attached hydrogens (tertiary/aromatic N) is 2. The van der Waals surface area contributed by atoms with Gasteiger partial charge in [0.15, 0.2) is 0 Å². The fraction of sp³-hybridized carbons (Fsp3) is 0.357. The van der Waals surface area contributed by atoms with Crippen molar-refractivity contribution < 1.29 is 14.1 Å². The van der Waals surface area contributed by atoms with Gasteiger partial charge >= 0.3 is 0 Å². The van der Waals surface area contributed by atoms with Crippen molar-refractivity contribution in [2.45, 2.75) is 26.2 Å². The molecule has 0 bridgehead atoms. The minimum Gasteiger partial charge on any atom is -0.480 e. The van der Waals surface area contributed by atoms with E-state index in [1.807, 2.05) is 20.8 Å². The second-order valence-corrected chi connectivity index (χ2v) is 5.34. The van der Waals surface area contributed by atoms with Gasteiger partial charge in [0.2, 0.25) is 11.8 Å². The van der Waals surface area contributed by atoms with E-state index in [-0.39, 0.29) is 17.2 Å². The molecule has 2 aromatic rings. The number of aromatic nitrogens is 2. The van der Waals surface area contributed by atoms with E-state index in [9.17, 15) is 4.79 Å². The van der Waals surface area contributed by atoms with Crippen molar-refractivity contribution in [2.75, 3.05) is 12.4 Å².